The van der Waals surface area contributed by atoms with Gasteiger partial charge < -0.3 is 14.6 Å². The number of esters is 1. The van der Waals surface area contributed by atoms with E-state index in [1.807, 2.05) is 14.0 Å². The van der Waals surface area contributed by atoms with Crippen LogP contribution in [-0.2, 0) is 18.2 Å². The van der Waals surface area contributed by atoms with E-state index >= 15 is 0 Å². The number of rotatable bonds is 3. The summed E-state index contributed by atoms with van der Waals surface area (Å²) < 4.78 is 6.97. The maximum absolute atomic E-state index is 11.9. The fourth-order valence-corrected chi connectivity index (χ4v) is 2.43. The van der Waals surface area contributed by atoms with Crippen molar-refractivity contribution < 1.29 is 9.53 Å². The zero-order chi connectivity index (χ0) is 12.6. The van der Waals surface area contributed by atoms with Crippen LogP contribution in [0.4, 0.5) is 0 Å². The van der Waals surface area contributed by atoms with Crippen molar-refractivity contribution in [2.24, 2.45) is 13.0 Å². The number of nitrogens with one attached hydrogen (secondary N) is 1. The largest absolute Gasteiger partial charge is 0.465 e. The van der Waals surface area contributed by atoms with Gasteiger partial charge in [0.1, 0.15) is 0 Å². The lowest BCUT2D eigenvalue weighted by atomic mass is 9.92. The van der Waals surface area contributed by atoms with E-state index in [0.717, 1.165) is 36.3 Å². The van der Waals surface area contributed by atoms with E-state index in [2.05, 4.69) is 16.8 Å². The average Bonchev–Trinajstić information content (AvgIpc) is 2.47. The molecule has 0 aliphatic carbocycles. The number of carbonyl (C=O) groups excluding carboxylic acids is 1. The molecule has 1 aromatic heterocycles. The Kier molecular flexibility index (Phi) is 3.24. The lowest BCUT2D eigenvalue weighted by molar-refractivity contribution is 0.0598. The number of nitrogens with zero attached hydrogens (tertiary/aromatic N) is 1. The van der Waals surface area contributed by atoms with Gasteiger partial charge in [0.25, 0.3) is 0 Å². The molecule has 0 aromatic carbocycles. The van der Waals surface area contributed by atoms with Crippen LogP contribution >= 0.6 is 0 Å². The Morgan fingerprint density at radius 2 is 2.06 bits per heavy atom. The molecule has 0 atom stereocenters. The highest BCUT2D eigenvalue weighted by Gasteiger charge is 2.26. The predicted octanol–water partition coefficient (Wildman–Crippen LogP) is 1.19. The van der Waals surface area contributed by atoms with Gasteiger partial charge in [-0.3, -0.25) is 0 Å². The second-order valence-corrected chi connectivity index (χ2v) is 4.80. The summed E-state index contributed by atoms with van der Waals surface area (Å²) in [5.41, 5.74) is 4.09. The molecule has 1 fully saturated rings. The average molecular weight is 236 g/mol. The van der Waals surface area contributed by atoms with Gasteiger partial charge in [-0.25, -0.2) is 4.79 Å². The number of hydrogen-bond acceptors (Lipinski definition) is 3. The van der Waals surface area contributed by atoms with Gasteiger partial charge in [-0.2, -0.15) is 0 Å². The van der Waals surface area contributed by atoms with Crippen molar-refractivity contribution in [3.05, 3.63) is 22.5 Å². The molecule has 17 heavy (non-hydrogen) atoms. The summed E-state index contributed by atoms with van der Waals surface area (Å²) >= 11 is 0. The Labute approximate surface area is 102 Å². The number of aromatic nitrogens is 1. The molecule has 0 radical (unpaired) electrons. The first-order valence-electron chi connectivity index (χ1n) is 6.00. The molecule has 1 aliphatic rings. The van der Waals surface area contributed by atoms with E-state index in [9.17, 15) is 4.79 Å². The number of methoxy groups -OCH3 is 1. The van der Waals surface area contributed by atoms with Crippen molar-refractivity contribution >= 4 is 5.97 Å². The molecule has 0 saturated carbocycles. The molecule has 0 unspecified atom stereocenters. The molecule has 1 aromatic rings. The minimum Gasteiger partial charge on any atom is -0.465 e. The molecule has 2 heterocycles. The van der Waals surface area contributed by atoms with E-state index in [1.165, 1.54) is 12.8 Å². The molecule has 1 N–H and O–H groups in total. The summed E-state index contributed by atoms with van der Waals surface area (Å²) in [4.78, 5) is 11.9. The van der Waals surface area contributed by atoms with Crippen LogP contribution in [0.15, 0.2) is 0 Å². The molecule has 2 rings (SSSR count). The second kappa shape index (κ2) is 4.53. The number of carbonyl (C=O) groups is 1. The Hall–Kier alpha value is -1.29. The van der Waals surface area contributed by atoms with E-state index in [0.29, 0.717) is 5.92 Å². The van der Waals surface area contributed by atoms with Crippen LogP contribution in [0.3, 0.4) is 0 Å². The smallest absolute Gasteiger partial charge is 0.339 e. The summed E-state index contributed by atoms with van der Waals surface area (Å²) in [6.07, 6.45) is 0.963. The van der Waals surface area contributed by atoms with Crippen molar-refractivity contribution in [3.63, 3.8) is 0 Å². The molecule has 0 bridgehead atoms. The van der Waals surface area contributed by atoms with Crippen LogP contribution in [-0.4, -0.2) is 30.7 Å². The van der Waals surface area contributed by atoms with Gasteiger partial charge in [0.05, 0.1) is 12.7 Å². The van der Waals surface area contributed by atoms with Crippen LogP contribution in [0, 0.1) is 19.8 Å². The van der Waals surface area contributed by atoms with Gasteiger partial charge in [0.15, 0.2) is 0 Å². The van der Waals surface area contributed by atoms with Gasteiger partial charge in [-0.05, 0) is 44.8 Å². The molecular weight excluding hydrogens is 216 g/mol. The summed E-state index contributed by atoms with van der Waals surface area (Å²) in [5, 5.41) is 3.26. The zero-order valence-electron chi connectivity index (χ0n) is 11.0. The van der Waals surface area contributed by atoms with Gasteiger partial charge in [0.2, 0.25) is 0 Å². The van der Waals surface area contributed by atoms with Crippen molar-refractivity contribution in [1.82, 2.24) is 9.88 Å². The summed E-state index contributed by atoms with van der Waals surface area (Å²) in [6.45, 7) is 6.14. The first-order chi connectivity index (χ1) is 8.06. The highest BCUT2D eigenvalue weighted by Crippen LogP contribution is 2.26. The fraction of sp³-hybridized carbons (Fsp3) is 0.615. The lowest BCUT2D eigenvalue weighted by Crippen LogP contribution is -2.43. The third-order valence-corrected chi connectivity index (χ3v) is 3.85. The SMILES string of the molecule is COC(=O)c1c(CC2CNC2)c(C)n(C)c1C. The topological polar surface area (TPSA) is 43.3 Å². The molecular formula is C13H20N2O2. The first kappa shape index (κ1) is 12.2. The minimum absolute atomic E-state index is 0.214. The van der Waals surface area contributed by atoms with E-state index in [1.54, 1.807) is 0 Å². The van der Waals surface area contributed by atoms with Crippen LogP contribution in [0.5, 0.6) is 0 Å². The van der Waals surface area contributed by atoms with Crippen LogP contribution < -0.4 is 5.32 Å². The van der Waals surface area contributed by atoms with Crippen LogP contribution in [0.25, 0.3) is 0 Å². The van der Waals surface area contributed by atoms with Gasteiger partial charge in [-0.1, -0.05) is 0 Å². The Balaban J connectivity index is 2.39. The molecule has 0 amide bonds. The maximum Gasteiger partial charge on any atom is 0.339 e. The van der Waals surface area contributed by atoms with Crippen molar-refractivity contribution in [3.8, 4) is 0 Å². The van der Waals surface area contributed by atoms with Crippen LogP contribution in [0.1, 0.15) is 27.3 Å². The maximum atomic E-state index is 11.9. The zero-order valence-corrected chi connectivity index (χ0v) is 11.0. The summed E-state index contributed by atoms with van der Waals surface area (Å²) in [5.74, 6) is 0.437. The van der Waals surface area contributed by atoms with Crippen molar-refractivity contribution in [1.29, 1.82) is 0 Å². The summed E-state index contributed by atoms with van der Waals surface area (Å²) in [7, 11) is 3.44. The number of ether oxygens (including phenoxy) is 1. The normalized spacial score (nSPS) is 15.8. The minimum atomic E-state index is -0.214. The van der Waals surface area contributed by atoms with E-state index in [4.69, 9.17) is 4.74 Å². The number of hydrogen-bond donors (Lipinski definition) is 1. The summed E-state index contributed by atoms with van der Waals surface area (Å²) in [6, 6.07) is 0. The highest BCUT2D eigenvalue weighted by molar-refractivity contribution is 5.93. The predicted molar refractivity (Wildman–Crippen MR) is 66.3 cm³/mol. The molecule has 4 heteroatoms. The van der Waals surface area contributed by atoms with Gasteiger partial charge in [0, 0.05) is 18.4 Å². The van der Waals surface area contributed by atoms with E-state index < -0.39 is 0 Å². The monoisotopic (exact) mass is 236 g/mol. The third kappa shape index (κ3) is 1.97. The molecule has 4 nitrogen and oxygen atoms in total. The highest BCUT2D eigenvalue weighted by atomic mass is 16.5. The van der Waals surface area contributed by atoms with Crippen molar-refractivity contribution in [2.45, 2.75) is 20.3 Å². The Bertz CT molecular complexity index is 445. The van der Waals surface area contributed by atoms with Crippen LogP contribution in [0.2, 0.25) is 0 Å². The van der Waals surface area contributed by atoms with Gasteiger partial charge in [-0.15, -0.1) is 0 Å². The Morgan fingerprint density at radius 3 is 2.53 bits per heavy atom. The van der Waals surface area contributed by atoms with Crippen molar-refractivity contribution in [2.75, 3.05) is 20.2 Å². The Morgan fingerprint density at radius 1 is 1.41 bits per heavy atom. The van der Waals surface area contributed by atoms with E-state index in [-0.39, 0.29) is 5.97 Å². The molecule has 0 spiro atoms. The fourth-order valence-electron chi connectivity index (χ4n) is 2.43. The standard InChI is InChI=1S/C13H20N2O2/c1-8-11(5-10-6-14-7-10)12(13(16)17-4)9(2)15(8)3/h10,14H,5-7H2,1-4H3. The third-order valence-electron chi connectivity index (χ3n) is 3.85. The lowest BCUT2D eigenvalue weighted by Gasteiger charge is -2.27. The molecule has 1 aliphatic heterocycles. The second-order valence-electron chi connectivity index (χ2n) is 4.80. The van der Waals surface area contributed by atoms with Gasteiger partial charge >= 0.3 is 5.97 Å². The quantitative estimate of drug-likeness (QED) is 0.802. The molecule has 94 valence electrons. The first-order valence-corrected chi connectivity index (χ1v) is 6.00. The molecule has 1 saturated heterocycles.